The van der Waals surface area contributed by atoms with E-state index in [1.165, 1.54) is 6.07 Å². The van der Waals surface area contributed by atoms with Crippen molar-refractivity contribution in [2.75, 3.05) is 0 Å². The van der Waals surface area contributed by atoms with Crippen LogP contribution in [0.4, 0.5) is 0 Å². The summed E-state index contributed by atoms with van der Waals surface area (Å²) >= 11 is 0. The molecule has 0 saturated heterocycles. The number of rotatable bonds is 2. The van der Waals surface area contributed by atoms with Gasteiger partial charge in [0.1, 0.15) is 22.8 Å². The van der Waals surface area contributed by atoms with Gasteiger partial charge in [-0.15, -0.1) is 0 Å². The van der Waals surface area contributed by atoms with E-state index in [2.05, 4.69) is 6.08 Å². The molecule has 1 aromatic rings. The van der Waals surface area contributed by atoms with Gasteiger partial charge in [-0.25, -0.2) is 0 Å². The number of carbonyl (C=O) groups excluding carboxylic acids is 3. The lowest BCUT2D eigenvalue weighted by Gasteiger charge is -2.46. The highest BCUT2D eigenvalue weighted by Gasteiger charge is 2.60. The van der Waals surface area contributed by atoms with Gasteiger partial charge < -0.3 is 20.4 Å². The van der Waals surface area contributed by atoms with Gasteiger partial charge >= 0.3 is 0 Å². The van der Waals surface area contributed by atoms with Crippen LogP contribution in [-0.2, 0) is 20.8 Å². The first kappa shape index (κ1) is 21.4. The second-order valence-corrected chi connectivity index (χ2v) is 9.41. The van der Waals surface area contributed by atoms with Crippen molar-refractivity contribution < 1.29 is 34.8 Å². The molecule has 7 nitrogen and oxygen atoms in total. The highest BCUT2D eigenvalue weighted by Crippen LogP contribution is 2.53. The molecular weight excluding hydrogens is 424 g/mol. The van der Waals surface area contributed by atoms with E-state index >= 15 is 0 Å². The zero-order valence-corrected chi connectivity index (χ0v) is 18.3. The third-order valence-corrected chi connectivity index (χ3v) is 7.44. The number of phenols is 1. The fourth-order valence-electron chi connectivity index (χ4n) is 5.88. The normalized spacial score (nSPS) is 28.8. The predicted octanol–water partition coefficient (Wildman–Crippen LogP) is 3.26. The molecule has 0 amide bonds. The maximum absolute atomic E-state index is 13.5. The number of allylic oxidation sites excluding steroid dienone is 5. The monoisotopic (exact) mass is 448 g/mol. The zero-order valence-electron chi connectivity index (χ0n) is 18.3. The first-order valence-electron chi connectivity index (χ1n) is 11.0. The summed E-state index contributed by atoms with van der Waals surface area (Å²) in [5.41, 5.74) is 0.751. The second kappa shape index (κ2) is 7.02. The Balaban J connectivity index is 1.69. The van der Waals surface area contributed by atoms with Gasteiger partial charge in [-0.3, -0.25) is 14.4 Å². The Hall–Kier alpha value is -3.45. The van der Waals surface area contributed by atoms with E-state index in [4.69, 9.17) is 0 Å². The molecule has 1 saturated carbocycles. The molecule has 4 aliphatic carbocycles. The van der Waals surface area contributed by atoms with Crippen molar-refractivity contribution in [3.05, 3.63) is 63.5 Å². The van der Waals surface area contributed by atoms with Gasteiger partial charge in [-0.1, -0.05) is 23.8 Å². The topological polar surface area (TPSA) is 132 Å². The molecule has 0 radical (unpaired) electrons. The molecule has 7 heteroatoms. The fraction of sp³-hybridized carbons (Fsp3) is 0.346. The lowest BCUT2D eigenvalue weighted by molar-refractivity contribution is -0.147. The van der Waals surface area contributed by atoms with Crippen LogP contribution in [0.15, 0.2) is 46.8 Å². The number of fused-ring (bicyclic) bond motifs is 3. The number of aromatic hydroxyl groups is 1. The van der Waals surface area contributed by atoms with E-state index in [-0.39, 0.29) is 29.7 Å². The molecule has 1 aromatic carbocycles. The summed E-state index contributed by atoms with van der Waals surface area (Å²) < 4.78 is 0. The minimum Gasteiger partial charge on any atom is -0.508 e. The Morgan fingerprint density at radius 2 is 1.85 bits per heavy atom. The number of aliphatic hydroxyl groups is 3. The quantitative estimate of drug-likeness (QED) is 0.511. The fourth-order valence-corrected chi connectivity index (χ4v) is 5.88. The standard InChI is InChI=1S/C26H24O7/c1-11-3-4-13(7-11)16-5-6-18(28)22-17(16)9-14-8-15-10-19(29)20(12(2)27)24(31)26(15,33)25(32)21(14)23(22)30/h3,5-7,14-15,28,30-31,33H,4,8-10H2,1-2H3/t14-,15+,26-/m1/s1. The van der Waals surface area contributed by atoms with Crippen LogP contribution in [0.5, 0.6) is 5.75 Å². The molecule has 170 valence electrons. The largest absolute Gasteiger partial charge is 0.508 e. The molecule has 0 spiro atoms. The van der Waals surface area contributed by atoms with Gasteiger partial charge in [0.25, 0.3) is 0 Å². The summed E-state index contributed by atoms with van der Waals surface area (Å²) in [6.45, 7) is 3.08. The maximum atomic E-state index is 13.5. The molecule has 0 unspecified atom stereocenters. The third-order valence-electron chi connectivity index (χ3n) is 7.44. The summed E-state index contributed by atoms with van der Waals surface area (Å²) in [6, 6.07) is 3.26. The average Bonchev–Trinajstić information content (AvgIpc) is 3.16. The molecule has 5 rings (SSSR count). The van der Waals surface area contributed by atoms with Crippen LogP contribution in [0.1, 0.15) is 49.8 Å². The van der Waals surface area contributed by atoms with Gasteiger partial charge in [-0.2, -0.15) is 0 Å². The number of phenolic OH excluding ortho intramolecular Hbond substituents is 1. The van der Waals surface area contributed by atoms with Crippen molar-refractivity contribution in [3.8, 4) is 5.75 Å². The number of ketones is 3. The molecule has 0 aromatic heterocycles. The van der Waals surface area contributed by atoms with E-state index in [0.29, 0.717) is 18.4 Å². The van der Waals surface area contributed by atoms with Gasteiger partial charge in [0, 0.05) is 17.9 Å². The number of carbonyl (C=O) groups is 3. The van der Waals surface area contributed by atoms with Gasteiger partial charge in [0.05, 0.1) is 5.56 Å². The van der Waals surface area contributed by atoms with Gasteiger partial charge in [0.2, 0.25) is 5.78 Å². The molecule has 0 aliphatic heterocycles. The lowest BCUT2D eigenvalue weighted by Crippen LogP contribution is -2.57. The third kappa shape index (κ3) is 2.82. The summed E-state index contributed by atoms with van der Waals surface area (Å²) in [5.74, 6) is -5.26. The summed E-state index contributed by atoms with van der Waals surface area (Å²) in [7, 11) is 0. The van der Waals surface area contributed by atoms with Gasteiger partial charge in [-0.05, 0) is 61.8 Å². The predicted molar refractivity (Wildman–Crippen MR) is 119 cm³/mol. The van der Waals surface area contributed by atoms with E-state index in [1.54, 1.807) is 6.07 Å². The van der Waals surface area contributed by atoms with Crippen molar-refractivity contribution in [1.82, 2.24) is 0 Å². The van der Waals surface area contributed by atoms with Crippen LogP contribution in [0, 0.1) is 11.8 Å². The highest BCUT2D eigenvalue weighted by atomic mass is 16.3. The van der Waals surface area contributed by atoms with Crippen molar-refractivity contribution in [3.63, 3.8) is 0 Å². The molecule has 4 aliphatic rings. The number of hydrogen-bond acceptors (Lipinski definition) is 7. The number of aliphatic hydroxyl groups excluding tert-OH is 2. The maximum Gasteiger partial charge on any atom is 0.202 e. The van der Waals surface area contributed by atoms with Crippen LogP contribution in [0.25, 0.3) is 11.3 Å². The Bertz CT molecular complexity index is 1290. The Labute approximate surface area is 190 Å². The lowest BCUT2D eigenvalue weighted by atomic mass is 9.59. The number of hydrogen-bond donors (Lipinski definition) is 4. The molecule has 0 bridgehead atoms. The zero-order chi connectivity index (χ0) is 23.8. The van der Waals surface area contributed by atoms with Crippen LogP contribution in [0.2, 0.25) is 0 Å². The van der Waals surface area contributed by atoms with Crippen molar-refractivity contribution in [2.45, 2.75) is 45.1 Å². The molecule has 3 atom stereocenters. The smallest absolute Gasteiger partial charge is 0.202 e. The van der Waals surface area contributed by atoms with Crippen molar-refractivity contribution >= 4 is 28.7 Å². The molecule has 1 fully saturated rings. The summed E-state index contributed by atoms with van der Waals surface area (Å²) in [5, 5.41) is 43.7. The van der Waals surface area contributed by atoms with Gasteiger partial charge in [0.15, 0.2) is 17.2 Å². The van der Waals surface area contributed by atoms with Crippen LogP contribution in [0.3, 0.4) is 0 Å². The average molecular weight is 448 g/mol. The van der Waals surface area contributed by atoms with Crippen LogP contribution in [-0.4, -0.2) is 43.4 Å². The first-order valence-corrected chi connectivity index (χ1v) is 11.0. The van der Waals surface area contributed by atoms with E-state index in [9.17, 15) is 34.8 Å². The first-order chi connectivity index (χ1) is 15.6. The minimum absolute atomic E-state index is 0.0905. The van der Waals surface area contributed by atoms with E-state index < -0.39 is 51.9 Å². The van der Waals surface area contributed by atoms with Crippen molar-refractivity contribution in [1.29, 1.82) is 0 Å². The van der Waals surface area contributed by atoms with Crippen LogP contribution < -0.4 is 0 Å². The Kier molecular flexibility index (Phi) is 4.55. The SMILES string of the molecule is CC(=O)C1=C(O)[C@@]2(O)C(=O)C3=C(O)c4c(O)ccc(C5=CC(C)=CC5)c4C[C@H]3C[C@H]2CC1=O. The van der Waals surface area contributed by atoms with Crippen molar-refractivity contribution in [2.24, 2.45) is 11.8 Å². The Morgan fingerprint density at radius 3 is 2.48 bits per heavy atom. The molecule has 33 heavy (non-hydrogen) atoms. The minimum atomic E-state index is -2.46. The summed E-state index contributed by atoms with van der Waals surface area (Å²) in [4.78, 5) is 38.0. The van der Waals surface area contributed by atoms with E-state index in [0.717, 1.165) is 23.6 Å². The highest BCUT2D eigenvalue weighted by molar-refractivity contribution is 6.23. The number of benzene rings is 1. The van der Waals surface area contributed by atoms with Crippen LogP contribution >= 0.6 is 0 Å². The second-order valence-electron chi connectivity index (χ2n) is 9.41. The molecular formula is C26H24O7. The molecule has 0 heterocycles. The Morgan fingerprint density at radius 1 is 1.12 bits per heavy atom. The molecule has 4 N–H and O–H groups in total. The number of Topliss-reactive ketones (excluding diaryl/α,β-unsaturated/α-hetero) is 3. The van der Waals surface area contributed by atoms with E-state index in [1.807, 2.05) is 13.0 Å². The summed E-state index contributed by atoms with van der Waals surface area (Å²) in [6.07, 6.45) is 5.07.